The maximum absolute atomic E-state index is 12.2. The maximum Gasteiger partial charge on any atom is 0.271 e. The molecule has 5 heteroatoms. The Morgan fingerprint density at radius 2 is 2.05 bits per heavy atom. The number of hydrogen-bond donors (Lipinski definition) is 1. The largest absolute Gasteiger partial charge is 0.340 e. The lowest BCUT2D eigenvalue weighted by molar-refractivity contribution is 0.0798. The van der Waals surface area contributed by atoms with Gasteiger partial charge in [-0.3, -0.25) is 9.89 Å². The second-order valence-electron chi connectivity index (χ2n) is 4.94. The van der Waals surface area contributed by atoms with E-state index in [-0.39, 0.29) is 5.91 Å². The first-order valence-electron chi connectivity index (χ1n) is 7.04. The third-order valence-electron chi connectivity index (χ3n) is 3.44. The maximum atomic E-state index is 12.2. The average molecular weight is 303 g/mol. The Hall–Kier alpha value is -1.75. The predicted molar refractivity (Wildman–Crippen MR) is 88.7 cm³/mol. The van der Waals surface area contributed by atoms with Gasteiger partial charge < -0.3 is 4.90 Å². The number of aromatic nitrogens is 2. The SMILES string of the molecule is CCc1ccc(-c2cc(C(=O)N(C)CCSC)[nH]n2)cc1. The number of rotatable bonds is 6. The predicted octanol–water partition coefficient (Wildman–Crippen LogP) is 3.07. The zero-order chi connectivity index (χ0) is 15.2. The molecular weight excluding hydrogens is 282 g/mol. The fourth-order valence-corrected chi connectivity index (χ4v) is 2.48. The van der Waals surface area contributed by atoms with Crippen molar-refractivity contribution in [1.29, 1.82) is 0 Å². The van der Waals surface area contributed by atoms with E-state index in [9.17, 15) is 4.79 Å². The number of thioether (sulfide) groups is 1. The molecule has 2 aromatic rings. The number of carbonyl (C=O) groups is 1. The molecule has 0 radical (unpaired) electrons. The normalized spacial score (nSPS) is 10.6. The van der Waals surface area contributed by atoms with Crippen molar-refractivity contribution in [3.05, 3.63) is 41.6 Å². The van der Waals surface area contributed by atoms with Crippen molar-refractivity contribution in [3.8, 4) is 11.3 Å². The second-order valence-corrected chi connectivity index (χ2v) is 5.92. The van der Waals surface area contributed by atoms with Crippen molar-refractivity contribution < 1.29 is 4.79 Å². The standard InChI is InChI=1S/C16H21N3OS/c1-4-12-5-7-13(8-6-12)14-11-15(18-17-14)16(20)19(2)9-10-21-3/h5-8,11H,4,9-10H2,1-3H3,(H,17,18). The number of hydrogen-bond acceptors (Lipinski definition) is 3. The van der Waals surface area contributed by atoms with Crippen LogP contribution < -0.4 is 0 Å². The highest BCUT2D eigenvalue weighted by molar-refractivity contribution is 7.98. The van der Waals surface area contributed by atoms with E-state index in [4.69, 9.17) is 0 Å². The van der Waals surface area contributed by atoms with Gasteiger partial charge in [-0.1, -0.05) is 31.2 Å². The van der Waals surface area contributed by atoms with Gasteiger partial charge in [0.2, 0.25) is 0 Å². The molecule has 0 aliphatic rings. The summed E-state index contributed by atoms with van der Waals surface area (Å²) in [6.45, 7) is 2.87. The summed E-state index contributed by atoms with van der Waals surface area (Å²) in [6.07, 6.45) is 3.05. The summed E-state index contributed by atoms with van der Waals surface area (Å²) in [5, 5.41) is 7.09. The number of aryl methyl sites for hydroxylation is 1. The Kier molecular flexibility index (Phi) is 5.44. The molecule has 1 aromatic heterocycles. The molecule has 0 bridgehead atoms. The fourth-order valence-electron chi connectivity index (χ4n) is 2.03. The number of aromatic amines is 1. The average Bonchev–Trinajstić information content (AvgIpc) is 3.01. The summed E-state index contributed by atoms with van der Waals surface area (Å²) < 4.78 is 0. The van der Waals surface area contributed by atoms with E-state index >= 15 is 0 Å². The van der Waals surface area contributed by atoms with Crippen LogP contribution in [-0.2, 0) is 6.42 Å². The molecule has 0 unspecified atom stereocenters. The van der Waals surface area contributed by atoms with Crippen molar-refractivity contribution >= 4 is 17.7 Å². The first kappa shape index (κ1) is 15.6. The van der Waals surface area contributed by atoms with Gasteiger partial charge in [0.25, 0.3) is 5.91 Å². The Labute approximate surface area is 129 Å². The number of nitrogens with one attached hydrogen (secondary N) is 1. The zero-order valence-corrected chi connectivity index (χ0v) is 13.5. The van der Waals surface area contributed by atoms with Gasteiger partial charge in [-0.05, 0) is 24.3 Å². The zero-order valence-electron chi connectivity index (χ0n) is 12.7. The van der Waals surface area contributed by atoms with E-state index in [2.05, 4.69) is 29.3 Å². The summed E-state index contributed by atoms with van der Waals surface area (Å²) in [6, 6.07) is 10.1. The van der Waals surface area contributed by atoms with Crippen molar-refractivity contribution in [2.45, 2.75) is 13.3 Å². The number of nitrogens with zero attached hydrogens (tertiary/aromatic N) is 2. The molecule has 112 valence electrons. The monoisotopic (exact) mass is 303 g/mol. The molecule has 0 aliphatic heterocycles. The van der Waals surface area contributed by atoms with Crippen LogP contribution >= 0.6 is 11.8 Å². The van der Waals surface area contributed by atoms with E-state index in [1.165, 1.54) is 5.56 Å². The molecular formula is C16H21N3OS. The van der Waals surface area contributed by atoms with Gasteiger partial charge >= 0.3 is 0 Å². The molecule has 1 heterocycles. The Morgan fingerprint density at radius 1 is 1.33 bits per heavy atom. The van der Waals surface area contributed by atoms with Crippen molar-refractivity contribution in [2.24, 2.45) is 0 Å². The molecule has 1 aromatic carbocycles. The Bertz CT molecular complexity index is 592. The van der Waals surface area contributed by atoms with E-state index in [1.807, 2.05) is 31.5 Å². The van der Waals surface area contributed by atoms with Gasteiger partial charge in [-0.25, -0.2) is 0 Å². The van der Waals surface area contributed by atoms with Gasteiger partial charge in [0.05, 0.1) is 5.69 Å². The van der Waals surface area contributed by atoms with Crippen molar-refractivity contribution in [1.82, 2.24) is 15.1 Å². The molecule has 1 N–H and O–H groups in total. The van der Waals surface area contributed by atoms with Crippen LogP contribution in [0.5, 0.6) is 0 Å². The van der Waals surface area contributed by atoms with Gasteiger partial charge in [-0.2, -0.15) is 16.9 Å². The van der Waals surface area contributed by atoms with Crippen molar-refractivity contribution in [2.75, 3.05) is 25.6 Å². The first-order valence-corrected chi connectivity index (χ1v) is 8.44. The molecule has 0 aliphatic carbocycles. The topological polar surface area (TPSA) is 49.0 Å². The van der Waals surface area contributed by atoms with Crippen LogP contribution in [0.3, 0.4) is 0 Å². The van der Waals surface area contributed by atoms with Gasteiger partial charge in [-0.15, -0.1) is 0 Å². The van der Waals surface area contributed by atoms with Crippen LogP contribution in [0, 0.1) is 0 Å². The molecule has 21 heavy (non-hydrogen) atoms. The minimum atomic E-state index is -0.0204. The lowest BCUT2D eigenvalue weighted by atomic mass is 10.1. The van der Waals surface area contributed by atoms with Crippen LogP contribution in [0.15, 0.2) is 30.3 Å². The Morgan fingerprint density at radius 3 is 2.67 bits per heavy atom. The molecule has 0 fully saturated rings. The highest BCUT2D eigenvalue weighted by Crippen LogP contribution is 2.19. The van der Waals surface area contributed by atoms with E-state index in [1.54, 1.807) is 16.7 Å². The van der Waals surface area contributed by atoms with Crippen LogP contribution in [0.1, 0.15) is 23.0 Å². The minimum Gasteiger partial charge on any atom is -0.340 e. The highest BCUT2D eigenvalue weighted by Gasteiger charge is 2.14. The summed E-state index contributed by atoms with van der Waals surface area (Å²) in [7, 11) is 1.81. The number of H-pyrrole nitrogens is 1. The lowest BCUT2D eigenvalue weighted by Crippen LogP contribution is -2.29. The van der Waals surface area contributed by atoms with Gasteiger partial charge in [0, 0.05) is 24.9 Å². The fraction of sp³-hybridized carbons (Fsp3) is 0.375. The molecule has 0 spiro atoms. The lowest BCUT2D eigenvalue weighted by Gasteiger charge is -2.14. The molecule has 4 nitrogen and oxygen atoms in total. The van der Waals surface area contributed by atoms with E-state index < -0.39 is 0 Å². The third-order valence-corrected chi connectivity index (χ3v) is 4.03. The molecule has 0 atom stereocenters. The van der Waals surface area contributed by atoms with Crippen LogP contribution in [-0.4, -0.2) is 46.6 Å². The summed E-state index contributed by atoms with van der Waals surface area (Å²) in [4.78, 5) is 14.0. The van der Waals surface area contributed by atoms with Crippen LogP contribution in [0.25, 0.3) is 11.3 Å². The first-order chi connectivity index (χ1) is 10.2. The van der Waals surface area contributed by atoms with Crippen LogP contribution in [0.2, 0.25) is 0 Å². The van der Waals surface area contributed by atoms with Crippen LogP contribution in [0.4, 0.5) is 0 Å². The quantitative estimate of drug-likeness (QED) is 0.892. The van der Waals surface area contributed by atoms with Crippen molar-refractivity contribution in [3.63, 3.8) is 0 Å². The van der Waals surface area contributed by atoms with E-state index in [0.29, 0.717) is 5.69 Å². The summed E-state index contributed by atoms with van der Waals surface area (Å²) in [5.74, 6) is 0.912. The molecule has 2 rings (SSSR count). The third kappa shape index (κ3) is 3.88. The van der Waals surface area contributed by atoms with Gasteiger partial charge in [0.1, 0.15) is 5.69 Å². The molecule has 0 saturated carbocycles. The summed E-state index contributed by atoms with van der Waals surface area (Å²) >= 11 is 1.73. The number of benzene rings is 1. The second kappa shape index (κ2) is 7.31. The highest BCUT2D eigenvalue weighted by atomic mass is 32.2. The molecule has 1 amide bonds. The Balaban J connectivity index is 2.11. The number of amides is 1. The van der Waals surface area contributed by atoms with E-state index in [0.717, 1.165) is 30.0 Å². The van der Waals surface area contributed by atoms with Gasteiger partial charge in [0.15, 0.2) is 0 Å². The molecule has 0 saturated heterocycles. The smallest absolute Gasteiger partial charge is 0.271 e. The summed E-state index contributed by atoms with van der Waals surface area (Å²) in [5.41, 5.74) is 3.66. The number of carbonyl (C=O) groups excluding carboxylic acids is 1. The minimum absolute atomic E-state index is 0.0204.